The molecular weight excluding hydrogens is 1640 g/mol. The number of benzene rings is 10. The molecule has 10 aromatic carbocycles. The smallest absolute Gasteiger partial charge is 0.142 e. The van der Waals surface area contributed by atoms with E-state index in [2.05, 4.69) is 332 Å². The Morgan fingerprint density at radius 2 is 0.388 bits per heavy atom. The summed E-state index contributed by atoms with van der Waals surface area (Å²) in [6, 6.07) is 86.1. The molecule has 0 saturated heterocycles. The molecule has 0 atom stereocenters. The molecule has 0 radical (unpaired) electrons. The number of hydrogen-bond acceptors (Lipinski definition) is 12. The molecule has 0 unspecified atom stereocenters. The van der Waals surface area contributed by atoms with Gasteiger partial charge >= 0.3 is 0 Å². The number of hydrogen-bond donors (Lipinski definition) is 0. The molecule has 10 aliphatic heterocycles. The lowest BCUT2D eigenvalue weighted by molar-refractivity contribution is 0.259. The third-order valence-electron chi connectivity index (χ3n) is 23.5. The van der Waals surface area contributed by atoms with Crippen molar-refractivity contribution in [1.29, 1.82) is 0 Å². The van der Waals surface area contributed by atoms with Crippen LogP contribution in [0.5, 0.6) is 11.5 Å². The van der Waals surface area contributed by atoms with E-state index in [1.54, 1.807) is 16.7 Å². The zero-order valence-corrected chi connectivity index (χ0v) is 91.0. The molecule has 0 saturated carbocycles. The topological polar surface area (TPSA) is 50.9 Å². The monoisotopic (exact) mass is 1830 g/mol. The fraction of sp³-hybridized carbons (Fsp3) is 0.508. The van der Waals surface area contributed by atoms with Crippen LogP contribution in [0.15, 0.2) is 243 Å². The summed E-state index contributed by atoms with van der Waals surface area (Å²) < 4.78 is 11.0. The summed E-state index contributed by atoms with van der Waals surface area (Å²) in [7, 11) is 21.6. The average molecular weight is 1830 g/mol. The molecule has 10 heterocycles. The average Bonchev–Trinajstić information content (AvgIpc) is 1.40. The summed E-state index contributed by atoms with van der Waals surface area (Å²) in [6.45, 7) is 58.7. The van der Waals surface area contributed by atoms with Gasteiger partial charge in [0.25, 0.3) is 0 Å². The van der Waals surface area contributed by atoms with Gasteiger partial charge in [-0.05, 0) is 241 Å². The Balaban J connectivity index is 0.000000729. The van der Waals surface area contributed by atoms with E-state index in [4.69, 9.17) is 9.47 Å². The molecule has 12 nitrogen and oxygen atoms in total. The molecule has 0 fully saturated rings. The quantitative estimate of drug-likeness (QED) is 0.145. The fourth-order valence-corrected chi connectivity index (χ4v) is 16.7. The zero-order chi connectivity index (χ0) is 99.6. The van der Waals surface area contributed by atoms with Crippen molar-refractivity contribution in [3.63, 3.8) is 0 Å². The molecule has 744 valence electrons. The first-order chi connectivity index (χ1) is 65.7. The first kappa shape index (κ1) is 123. The van der Waals surface area contributed by atoms with Crippen LogP contribution in [0.4, 0.5) is 28.4 Å². The SMILES string of the molecule is CC.CC.CC.CC.CC.CC.CC.CC.CC.CC.CN1CCCCCc2ccccc21.CN1CCCCc2ccccc21.CN1CCCc2ccccc21.CN1CCCc2ccccc2C1.CN1CCOc2ccccc21.CN1CCOc2ccccc2C1.CN1CCc2ccccc21.CN1CCc2ccccc2C1.CN1CCc2ccccc2CC1.CN1Cc2ccccc2C1. The predicted molar refractivity (Wildman–Crippen MR) is 599 cm³/mol. The molecule has 0 aliphatic carbocycles. The molecule has 0 aromatic heterocycles. The van der Waals surface area contributed by atoms with Gasteiger partial charge in [0.05, 0.1) is 12.2 Å². The van der Waals surface area contributed by atoms with Crippen LogP contribution in [0.1, 0.15) is 256 Å². The number of fused-ring (bicyclic) bond motifs is 10. The van der Waals surface area contributed by atoms with Crippen LogP contribution in [0.25, 0.3) is 0 Å². The van der Waals surface area contributed by atoms with Crippen molar-refractivity contribution in [1.82, 2.24) is 24.5 Å². The second-order valence-corrected chi connectivity index (χ2v) is 32.6. The highest BCUT2D eigenvalue weighted by atomic mass is 16.5. The number of rotatable bonds is 0. The van der Waals surface area contributed by atoms with Crippen molar-refractivity contribution in [2.45, 2.75) is 268 Å². The zero-order valence-electron chi connectivity index (χ0n) is 91.0. The van der Waals surface area contributed by atoms with Gasteiger partial charge in [-0.3, -0.25) is 9.80 Å². The normalized spacial score (nSPS) is 15.1. The van der Waals surface area contributed by atoms with E-state index >= 15 is 0 Å². The molecule has 10 aromatic rings. The first-order valence-electron chi connectivity index (χ1n) is 52.7. The highest BCUT2D eigenvalue weighted by Gasteiger charge is 2.20. The number of ether oxygens (including phenoxy) is 2. The lowest BCUT2D eigenvalue weighted by Gasteiger charge is -2.27. The van der Waals surface area contributed by atoms with Gasteiger partial charge < -0.3 is 48.7 Å². The van der Waals surface area contributed by atoms with Gasteiger partial charge in [0.1, 0.15) is 24.7 Å². The largest absolute Gasteiger partial charge is 0.492 e. The van der Waals surface area contributed by atoms with Crippen LogP contribution in [0, 0.1) is 0 Å². The number of para-hydroxylation sites is 7. The minimum atomic E-state index is 0.799. The van der Waals surface area contributed by atoms with Gasteiger partial charge in [-0.2, -0.15) is 0 Å². The van der Waals surface area contributed by atoms with E-state index in [0.717, 1.165) is 70.5 Å². The van der Waals surface area contributed by atoms with Gasteiger partial charge in [0.15, 0.2) is 0 Å². The van der Waals surface area contributed by atoms with Crippen molar-refractivity contribution in [2.75, 3.05) is 174 Å². The third kappa shape index (κ3) is 45.5. The van der Waals surface area contributed by atoms with Crippen LogP contribution in [-0.4, -0.2) is 174 Å². The second-order valence-electron chi connectivity index (χ2n) is 32.6. The standard InChI is InChI=1S/C12H17N.3C11H15N.C10H13NO.2C10H13N.C9H11NO.2C9H11N.10C2H6/c1-13-10-6-2-3-7-11-8-4-5-9-12(11)13;1-12-9-5-4-7-10-6-2-3-8-11(10)12;1-12-8-4-7-10-5-2-3-6-11(10)9-12;1-12-8-6-10-4-2-3-5-11(10)7-9-12;1-11-6-7-12-10-5-3-2-4-9(10)8-11;1-11-8-4-6-9-5-2-3-7-10(9)11;1-11-7-6-9-4-2-3-5-10(9)8-11;1-10-6-7-11-9-5-3-2-4-8(9)10;1-10-6-8-4-2-3-5-9(8)7-10;1-10-7-6-8-4-2-3-5-9(8)10;10*1-2/h4-5,8-9H,2-3,6-7,10H2,1H3;2-3,6,8H,4-5,7,9H2,1H3;2-3,5-6H,4,7-9H2,1H3;2-5H,6-9H2,1H3;2-5H,6-8H2,1H3;2-3,5,7H,4,6,8H2,1H3;2-5H,6-8H2,1H3;2-5H,6-7H2,1H3;2*2-5H,6-7H2,1H3;10*1-2H3. The minimum Gasteiger partial charge on any atom is -0.492 e. The molecule has 20 rings (SSSR count). The summed E-state index contributed by atoms with van der Waals surface area (Å²) in [5, 5.41) is 0. The van der Waals surface area contributed by atoms with Crippen molar-refractivity contribution < 1.29 is 9.47 Å². The fourth-order valence-electron chi connectivity index (χ4n) is 16.7. The highest BCUT2D eigenvalue weighted by Crippen LogP contribution is 2.32. The Morgan fingerprint density at radius 3 is 0.813 bits per heavy atom. The van der Waals surface area contributed by atoms with Crippen molar-refractivity contribution in [3.05, 3.63) is 315 Å². The van der Waals surface area contributed by atoms with E-state index < -0.39 is 0 Å². The summed E-state index contributed by atoms with van der Waals surface area (Å²) in [5.74, 6) is 2.04. The Morgan fingerprint density at radius 1 is 0.157 bits per heavy atom. The predicted octanol–water partition coefficient (Wildman–Crippen LogP) is 29.4. The maximum Gasteiger partial charge on any atom is 0.142 e. The van der Waals surface area contributed by atoms with E-state index in [1.165, 1.54) is 233 Å². The van der Waals surface area contributed by atoms with Crippen LogP contribution < -0.4 is 34.0 Å². The van der Waals surface area contributed by atoms with Crippen molar-refractivity contribution in [3.8, 4) is 11.5 Å². The summed E-state index contributed by atoms with van der Waals surface area (Å²) in [5.41, 5.74) is 26.3. The van der Waals surface area contributed by atoms with Gasteiger partial charge in [-0.25, -0.2) is 0 Å². The number of anilines is 5. The Labute approximate surface area is 824 Å². The Kier molecular flexibility index (Phi) is 71.1. The minimum absolute atomic E-state index is 0.799. The van der Waals surface area contributed by atoms with Gasteiger partial charge in [-0.1, -0.05) is 345 Å². The highest BCUT2D eigenvalue weighted by molar-refractivity contribution is 5.60. The Hall–Kier alpha value is -9.40. The van der Waals surface area contributed by atoms with E-state index in [-0.39, 0.29) is 0 Å². The molecule has 12 heteroatoms. The van der Waals surface area contributed by atoms with E-state index in [9.17, 15) is 0 Å². The summed E-state index contributed by atoms with van der Waals surface area (Å²) >= 11 is 0. The van der Waals surface area contributed by atoms with Gasteiger partial charge in [0.2, 0.25) is 0 Å². The van der Waals surface area contributed by atoms with Crippen molar-refractivity contribution >= 4 is 28.4 Å². The Bertz CT molecular complexity index is 4320. The molecule has 0 spiro atoms. The van der Waals surface area contributed by atoms with Crippen LogP contribution >= 0.6 is 0 Å². The van der Waals surface area contributed by atoms with Gasteiger partial charge in [-0.15, -0.1) is 0 Å². The number of likely N-dealkylation sites (N-methyl/N-ethyl adjacent to an activating group) is 5. The second kappa shape index (κ2) is 77.7. The lowest BCUT2D eigenvalue weighted by atomic mass is 10.0. The van der Waals surface area contributed by atoms with Crippen LogP contribution in [-0.2, 0) is 84.1 Å². The number of nitrogens with zero attached hydrogens (tertiary/aromatic N) is 10. The van der Waals surface area contributed by atoms with Crippen LogP contribution in [0.3, 0.4) is 0 Å². The van der Waals surface area contributed by atoms with Gasteiger partial charge in [0, 0.05) is 149 Å². The van der Waals surface area contributed by atoms with Crippen molar-refractivity contribution in [2.24, 2.45) is 0 Å². The lowest BCUT2D eigenvalue weighted by Crippen LogP contribution is -2.28. The first-order valence-corrected chi connectivity index (χ1v) is 52.7. The van der Waals surface area contributed by atoms with E-state index in [0.29, 0.717) is 0 Å². The molecular formula is C122H194N10O2. The third-order valence-corrected chi connectivity index (χ3v) is 23.5. The maximum atomic E-state index is 5.58. The molecule has 0 amide bonds. The van der Waals surface area contributed by atoms with Crippen LogP contribution in [0.2, 0.25) is 0 Å². The maximum absolute atomic E-state index is 5.58. The molecule has 0 N–H and O–H groups in total. The molecule has 10 aliphatic rings. The van der Waals surface area contributed by atoms with E-state index in [1.807, 2.05) is 169 Å². The molecule has 0 bridgehead atoms. The number of aryl methyl sites for hydroxylation is 4. The summed E-state index contributed by atoms with van der Waals surface area (Å²) in [6.07, 6.45) is 19.2. The summed E-state index contributed by atoms with van der Waals surface area (Å²) in [4.78, 5) is 23.3. The molecule has 134 heavy (non-hydrogen) atoms.